The summed E-state index contributed by atoms with van der Waals surface area (Å²) in [5, 5.41) is 5.31. The standard InChI is InChI=1S/C15H14ClFN2O/c1-10-4-2-3-5-11(10)9-18-15(20)19-12-6-7-14(17)13(16)8-12/h2-8H,9H2,1H3,(H2,18,19,20). The third-order valence-electron chi connectivity index (χ3n) is 2.88. The minimum absolute atomic E-state index is 0.0262. The second-order valence-corrected chi connectivity index (χ2v) is 4.77. The highest BCUT2D eigenvalue weighted by molar-refractivity contribution is 6.31. The molecule has 0 aliphatic carbocycles. The van der Waals surface area contributed by atoms with Crippen molar-refractivity contribution in [3.8, 4) is 0 Å². The molecule has 0 radical (unpaired) electrons. The number of halogens is 2. The van der Waals surface area contributed by atoms with Gasteiger partial charge in [-0.2, -0.15) is 0 Å². The van der Waals surface area contributed by atoms with Crippen LogP contribution in [0.5, 0.6) is 0 Å². The Morgan fingerprint density at radius 2 is 2.00 bits per heavy atom. The number of carbonyl (C=O) groups excluding carboxylic acids is 1. The van der Waals surface area contributed by atoms with E-state index in [2.05, 4.69) is 10.6 Å². The van der Waals surface area contributed by atoms with E-state index in [1.165, 1.54) is 18.2 Å². The zero-order valence-corrected chi connectivity index (χ0v) is 11.7. The summed E-state index contributed by atoms with van der Waals surface area (Å²) >= 11 is 5.64. The van der Waals surface area contributed by atoms with Gasteiger partial charge in [-0.25, -0.2) is 9.18 Å². The second kappa shape index (κ2) is 6.39. The average molecular weight is 293 g/mol. The molecular formula is C15H14ClFN2O. The number of aryl methyl sites for hydroxylation is 1. The van der Waals surface area contributed by atoms with Gasteiger partial charge in [0.25, 0.3) is 0 Å². The first kappa shape index (κ1) is 14.3. The van der Waals surface area contributed by atoms with E-state index >= 15 is 0 Å². The monoisotopic (exact) mass is 292 g/mol. The molecule has 0 bridgehead atoms. The highest BCUT2D eigenvalue weighted by atomic mass is 35.5. The maximum atomic E-state index is 13.0. The van der Waals surface area contributed by atoms with Crippen molar-refractivity contribution in [2.75, 3.05) is 5.32 Å². The highest BCUT2D eigenvalue weighted by Gasteiger charge is 2.05. The van der Waals surface area contributed by atoms with Crippen LogP contribution < -0.4 is 10.6 Å². The quantitative estimate of drug-likeness (QED) is 0.878. The van der Waals surface area contributed by atoms with E-state index in [4.69, 9.17) is 11.6 Å². The molecule has 104 valence electrons. The molecule has 0 saturated carbocycles. The topological polar surface area (TPSA) is 41.1 Å². The fourth-order valence-electron chi connectivity index (χ4n) is 1.73. The summed E-state index contributed by atoms with van der Waals surface area (Å²) in [5.41, 5.74) is 2.59. The lowest BCUT2D eigenvalue weighted by molar-refractivity contribution is 0.251. The molecule has 0 unspecified atom stereocenters. The van der Waals surface area contributed by atoms with E-state index < -0.39 is 5.82 Å². The fourth-order valence-corrected chi connectivity index (χ4v) is 1.91. The normalized spacial score (nSPS) is 10.2. The molecular weight excluding hydrogens is 279 g/mol. The van der Waals surface area contributed by atoms with Crippen molar-refractivity contribution >= 4 is 23.3 Å². The van der Waals surface area contributed by atoms with Crippen LogP contribution in [0.15, 0.2) is 42.5 Å². The highest BCUT2D eigenvalue weighted by Crippen LogP contribution is 2.19. The SMILES string of the molecule is Cc1ccccc1CNC(=O)Nc1ccc(F)c(Cl)c1. The second-order valence-electron chi connectivity index (χ2n) is 4.36. The number of urea groups is 1. The predicted octanol–water partition coefficient (Wildman–Crippen LogP) is 4.11. The van der Waals surface area contributed by atoms with Crippen molar-refractivity contribution in [1.82, 2.24) is 5.32 Å². The number of anilines is 1. The van der Waals surface area contributed by atoms with E-state index in [1.807, 2.05) is 31.2 Å². The zero-order valence-electron chi connectivity index (χ0n) is 10.9. The molecule has 2 aromatic rings. The molecule has 2 aromatic carbocycles. The molecule has 0 aromatic heterocycles. The van der Waals surface area contributed by atoms with Crippen molar-refractivity contribution in [1.29, 1.82) is 0 Å². The summed E-state index contributed by atoms with van der Waals surface area (Å²) < 4.78 is 13.0. The zero-order chi connectivity index (χ0) is 14.5. The van der Waals surface area contributed by atoms with Gasteiger partial charge in [0.2, 0.25) is 0 Å². The molecule has 0 aliphatic heterocycles. The predicted molar refractivity (Wildman–Crippen MR) is 78.4 cm³/mol. The Morgan fingerprint density at radius 3 is 2.70 bits per heavy atom. The molecule has 2 amide bonds. The molecule has 0 spiro atoms. The van der Waals surface area contributed by atoms with Gasteiger partial charge in [-0.1, -0.05) is 35.9 Å². The van der Waals surface area contributed by atoms with Crippen molar-refractivity contribution in [3.63, 3.8) is 0 Å². The number of amides is 2. The Bertz CT molecular complexity index is 631. The molecule has 0 fully saturated rings. The Hall–Kier alpha value is -2.07. The van der Waals surface area contributed by atoms with Crippen LogP contribution >= 0.6 is 11.6 Å². The molecule has 0 aliphatic rings. The van der Waals surface area contributed by atoms with Gasteiger partial charge in [0.15, 0.2) is 0 Å². The van der Waals surface area contributed by atoms with Crippen LogP contribution in [0.25, 0.3) is 0 Å². The van der Waals surface area contributed by atoms with Crippen molar-refractivity contribution in [2.45, 2.75) is 13.5 Å². The average Bonchev–Trinajstić information content (AvgIpc) is 2.42. The molecule has 0 saturated heterocycles. The Labute approximate surface area is 121 Å². The molecule has 2 rings (SSSR count). The largest absolute Gasteiger partial charge is 0.334 e. The van der Waals surface area contributed by atoms with E-state index in [1.54, 1.807) is 0 Å². The van der Waals surface area contributed by atoms with Gasteiger partial charge in [0.1, 0.15) is 5.82 Å². The van der Waals surface area contributed by atoms with E-state index in [0.29, 0.717) is 12.2 Å². The van der Waals surface area contributed by atoms with Crippen LogP contribution in [0.4, 0.5) is 14.9 Å². The third kappa shape index (κ3) is 3.71. The van der Waals surface area contributed by atoms with Crippen LogP contribution in [-0.2, 0) is 6.54 Å². The molecule has 2 N–H and O–H groups in total. The van der Waals surface area contributed by atoms with Crippen LogP contribution in [0, 0.1) is 12.7 Å². The van der Waals surface area contributed by atoms with Gasteiger partial charge < -0.3 is 10.6 Å². The van der Waals surface area contributed by atoms with Crippen LogP contribution in [0.2, 0.25) is 5.02 Å². The molecule has 20 heavy (non-hydrogen) atoms. The van der Waals surface area contributed by atoms with E-state index in [9.17, 15) is 9.18 Å². The summed E-state index contributed by atoms with van der Waals surface area (Å²) in [7, 11) is 0. The third-order valence-corrected chi connectivity index (χ3v) is 3.17. The lowest BCUT2D eigenvalue weighted by Crippen LogP contribution is -2.28. The maximum Gasteiger partial charge on any atom is 0.319 e. The smallest absolute Gasteiger partial charge is 0.319 e. The summed E-state index contributed by atoms with van der Waals surface area (Å²) in [6.45, 7) is 2.40. The first-order valence-corrected chi connectivity index (χ1v) is 6.48. The number of hydrogen-bond donors (Lipinski definition) is 2. The molecule has 5 heteroatoms. The van der Waals surface area contributed by atoms with Crippen molar-refractivity contribution in [2.24, 2.45) is 0 Å². The summed E-state index contributed by atoms with van der Waals surface area (Å²) in [5.74, 6) is -0.516. The van der Waals surface area contributed by atoms with Crippen molar-refractivity contribution < 1.29 is 9.18 Å². The van der Waals surface area contributed by atoms with Gasteiger partial charge in [0, 0.05) is 12.2 Å². The van der Waals surface area contributed by atoms with E-state index in [-0.39, 0.29) is 11.1 Å². The van der Waals surface area contributed by atoms with Gasteiger partial charge in [-0.3, -0.25) is 0 Å². The van der Waals surface area contributed by atoms with Crippen LogP contribution in [0.3, 0.4) is 0 Å². The van der Waals surface area contributed by atoms with Gasteiger partial charge in [0.05, 0.1) is 5.02 Å². The lowest BCUT2D eigenvalue weighted by Gasteiger charge is -2.09. The maximum absolute atomic E-state index is 13.0. The number of carbonyl (C=O) groups is 1. The first-order valence-electron chi connectivity index (χ1n) is 6.10. The molecule has 0 heterocycles. The van der Waals surface area contributed by atoms with Gasteiger partial charge in [-0.15, -0.1) is 0 Å². The van der Waals surface area contributed by atoms with E-state index in [0.717, 1.165) is 11.1 Å². The minimum atomic E-state index is -0.516. The molecule has 3 nitrogen and oxygen atoms in total. The summed E-state index contributed by atoms with van der Waals surface area (Å²) in [4.78, 5) is 11.7. The number of hydrogen-bond acceptors (Lipinski definition) is 1. The minimum Gasteiger partial charge on any atom is -0.334 e. The van der Waals surface area contributed by atoms with Gasteiger partial charge >= 0.3 is 6.03 Å². The lowest BCUT2D eigenvalue weighted by atomic mass is 10.1. The Balaban J connectivity index is 1.93. The Morgan fingerprint density at radius 1 is 1.25 bits per heavy atom. The summed E-state index contributed by atoms with van der Waals surface area (Å²) in [6, 6.07) is 11.5. The summed E-state index contributed by atoms with van der Waals surface area (Å²) in [6.07, 6.45) is 0. The first-order chi connectivity index (χ1) is 9.56. The fraction of sp³-hybridized carbons (Fsp3) is 0.133. The van der Waals surface area contributed by atoms with Crippen LogP contribution in [0.1, 0.15) is 11.1 Å². The Kier molecular flexibility index (Phi) is 4.58. The number of rotatable bonds is 3. The van der Waals surface area contributed by atoms with Gasteiger partial charge in [-0.05, 0) is 36.2 Å². The van der Waals surface area contributed by atoms with Crippen LogP contribution in [-0.4, -0.2) is 6.03 Å². The number of nitrogens with one attached hydrogen (secondary N) is 2. The molecule has 0 atom stereocenters. The number of benzene rings is 2. The van der Waals surface area contributed by atoms with Crippen molar-refractivity contribution in [3.05, 3.63) is 64.4 Å².